The first-order chi connectivity index (χ1) is 60.9. The van der Waals surface area contributed by atoms with Gasteiger partial charge in [0.05, 0.1) is 133 Å². The molecule has 0 aliphatic rings. The van der Waals surface area contributed by atoms with Crippen LogP contribution in [0.2, 0.25) is 0 Å². The number of rotatable bonds is 11. The van der Waals surface area contributed by atoms with Gasteiger partial charge in [-0.15, -0.1) is 45.3 Å². The van der Waals surface area contributed by atoms with E-state index in [2.05, 4.69) is 123 Å². The van der Waals surface area contributed by atoms with Crippen LogP contribution in [0.15, 0.2) is 324 Å². The minimum atomic E-state index is -1.46. The van der Waals surface area contributed by atoms with Gasteiger partial charge in [-0.25, -0.2) is 19.9 Å². The third-order valence-corrected chi connectivity index (χ3v) is 26.3. The normalized spacial score (nSPS) is 10.5. The maximum atomic E-state index is 10.4. The molecule has 0 radical (unpaired) electrons. The average Bonchev–Trinajstić information content (AvgIpc) is 1.64. The Morgan fingerprint density at radius 1 is 0.272 bits per heavy atom. The van der Waals surface area contributed by atoms with Crippen molar-refractivity contribution in [3.05, 3.63) is 369 Å². The summed E-state index contributed by atoms with van der Waals surface area (Å²) < 4.78 is 6.19. The number of para-hydroxylation sites is 3. The zero-order valence-electron chi connectivity index (χ0n) is 65.8. The van der Waals surface area contributed by atoms with Gasteiger partial charge < -0.3 is 26.0 Å². The fourth-order valence-electron chi connectivity index (χ4n) is 13.7. The van der Waals surface area contributed by atoms with Gasteiger partial charge in [0.15, 0.2) is 0 Å². The van der Waals surface area contributed by atoms with E-state index in [-0.39, 0.29) is 11.5 Å². The second-order valence-electron chi connectivity index (χ2n) is 28.0. The van der Waals surface area contributed by atoms with Crippen molar-refractivity contribution in [2.45, 2.75) is 6.92 Å². The maximum Gasteiger partial charge on any atom is 0.488 e. The molecule has 19 rings (SSSR count). The second-order valence-corrected chi connectivity index (χ2v) is 33.7. The molecule has 15 aromatic carbocycles. The first-order valence-electron chi connectivity index (χ1n) is 38.4. The molecule has 0 bridgehead atoms. The number of nitrogen functional groups attached to an aromatic ring is 1. The number of nitrogens with two attached hydrogens (primary N) is 1. The molecule has 0 spiro atoms. The zero-order valence-corrected chi connectivity index (χ0v) is 72.2. The van der Waals surface area contributed by atoms with Crippen LogP contribution in [0.25, 0.3) is 150 Å². The molecule has 0 unspecified atom stereocenters. The van der Waals surface area contributed by atoms with Gasteiger partial charge in [0, 0.05) is 59.1 Å². The molecule has 19 aromatic rings. The van der Waals surface area contributed by atoms with E-state index in [0.29, 0.717) is 55.7 Å². The van der Waals surface area contributed by atoms with Crippen molar-refractivity contribution < 1.29 is 20.3 Å². The Morgan fingerprint density at radius 3 is 0.840 bits per heavy atom. The number of aromatic hydroxyl groups is 2. The highest BCUT2D eigenvalue weighted by Gasteiger charge is 2.23. The fourth-order valence-corrected chi connectivity index (χ4v) is 19.4. The Morgan fingerprint density at radius 2 is 0.528 bits per heavy atom. The average molecular weight is 1820 g/mol. The number of aromatic nitrogens is 4. The van der Waals surface area contributed by atoms with Crippen LogP contribution in [0, 0.1) is 86.2 Å². The Bertz CT molecular complexity index is 6710. The highest BCUT2D eigenvalue weighted by atomic mass is 79.9. The van der Waals surface area contributed by atoms with Gasteiger partial charge in [-0.05, 0) is 217 Å². The molecule has 4 heterocycles. The van der Waals surface area contributed by atoms with Crippen LogP contribution in [-0.2, 0) is 0 Å². The molecular weight excluding hydrogens is 1760 g/mol. The first kappa shape index (κ1) is 84.6. The summed E-state index contributed by atoms with van der Waals surface area (Å²) in [6.07, 6.45) is 0. The Hall–Kier alpha value is -15.4. The number of aryl methyl sites for hydroxylation is 1. The van der Waals surface area contributed by atoms with E-state index in [1.54, 1.807) is 82.5 Å². The number of fused-ring (bicyclic) bond motifs is 4. The Labute approximate surface area is 751 Å². The van der Waals surface area contributed by atoms with Gasteiger partial charge in [-0.2, -0.15) is 36.8 Å². The van der Waals surface area contributed by atoms with Crippen molar-refractivity contribution in [3.63, 3.8) is 0 Å². The zero-order chi connectivity index (χ0) is 87.2. The molecule has 0 aliphatic carbocycles. The lowest BCUT2D eigenvalue weighted by molar-refractivity contribution is 0.425. The maximum absolute atomic E-state index is 10.4. The van der Waals surface area contributed by atoms with Gasteiger partial charge in [-0.3, -0.25) is 0 Å². The minimum absolute atomic E-state index is 0.186. The highest BCUT2D eigenvalue weighted by Crippen LogP contribution is 2.48. The van der Waals surface area contributed by atoms with Gasteiger partial charge in [-0.1, -0.05) is 182 Å². The van der Waals surface area contributed by atoms with E-state index in [9.17, 15) is 10.2 Å². The van der Waals surface area contributed by atoms with E-state index in [0.717, 1.165) is 153 Å². The van der Waals surface area contributed by atoms with Crippen LogP contribution < -0.4 is 11.2 Å². The predicted octanol–water partition coefficient (Wildman–Crippen LogP) is 25.2. The van der Waals surface area contributed by atoms with Gasteiger partial charge in [0.25, 0.3) is 0 Å². The molecule has 6 N–H and O–H groups in total. The van der Waals surface area contributed by atoms with Crippen molar-refractivity contribution in [2.75, 3.05) is 5.73 Å². The number of anilines is 1. The first-order valence-corrected chi connectivity index (χ1v) is 43.2. The SMILES string of the molecule is Cc1ccccc1-c1nc2c(-c3ccc(C#N)cc3)ccc(-c3ccc(C#N)cc3)c2s1.N#Cc1ccc(-c2ccc(-c3ccc(C#N)cc3)c3sc(-c4ccccc4N)nc23)cc1.N#Cc1ccc(-c2ccc(-c3ccc(C#N)cc3)c3sc(-c4ccccc4O)nc23)cc1.N#Cc1ccc(B(O)O)cc1.Oc1ccccc1-c1nc2c(Br)ccc(Br)c2s1. The predicted molar refractivity (Wildman–Crippen MR) is 510 cm³/mol. The third-order valence-electron chi connectivity index (χ3n) is 20.2. The molecule has 0 atom stereocenters. The Balaban J connectivity index is 0.000000126. The number of thiazole rings is 4. The number of nitriles is 7. The molecule has 125 heavy (non-hydrogen) atoms. The van der Waals surface area contributed by atoms with E-state index >= 15 is 0 Å². The molecule has 594 valence electrons. The van der Waals surface area contributed by atoms with Gasteiger partial charge >= 0.3 is 7.12 Å². The van der Waals surface area contributed by atoms with Crippen molar-refractivity contribution in [1.29, 1.82) is 36.8 Å². The molecular formula is C102H61BBr2N12O4S4. The van der Waals surface area contributed by atoms with Gasteiger partial charge in [0.2, 0.25) is 0 Å². The molecule has 0 aliphatic heterocycles. The molecule has 0 saturated heterocycles. The molecule has 0 amide bonds. The summed E-state index contributed by atoms with van der Waals surface area (Å²) in [5, 5.41) is 104. The number of halogens is 2. The lowest BCUT2D eigenvalue weighted by Crippen LogP contribution is -2.29. The summed E-state index contributed by atoms with van der Waals surface area (Å²) in [5.41, 5.74) is 32.1. The summed E-state index contributed by atoms with van der Waals surface area (Å²) in [7, 11) is -1.46. The van der Waals surface area contributed by atoms with Crippen molar-refractivity contribution in [1.82, 2.24) is 19.9 Å². The van der Waals surface area contributed by atoms with Gasteiger partial charge in [0.1, 0.15) is 31.5 Å². The Kier molecular flexibility index (Phi) is 26.1. The van der Waals surface area contributed by atoms with Crippen molar-refractivity contribution in [3.8, 4) is 163 Å². The minimum Gasteiger partial charge on any atom is -0.507 e. The second kappa shape index (κ2) is 38.6. The topological polar surface area (TPSA) is 325 Å². The third kappa shape index (κ3) is 18.8. The lowest BCUT2D eigenvalue weighted by atomic mass is 9.80. The molecule has 4 aromatic heterocycles. The summed E-state index contributed by atoms with van der Waals surface area (Å²) >= 11 is 13.4. The molecule has 23 heteroatoms. The molecule has 16 nitrogen and oxygen atoms in total. The fraction of sp³-hybridized carbons (Fsp3) is 0.00980. The van der Waals surface area contributed by atoms with E-state index in [1.165, 1.54) is 41.2 Å². The van der Waals surface area contributed by atoms with Crippen LogP contribution in [-0.4, -0.2) is 47.3 Å². The summed E-state index contributed by atoms with van der Waals surface area (Å²) in [6.45, 7) is 2.10. The number of benzene rings is 15. The summed E-state index contributed by atoms with van der Waals surface area (Å²) in [5.74, 6) is 0.440. The monoisotopic (exact) mass is 1810 g/mol. The quantitative estimate of drug-likeness (QED) is 0.0593. The van der Waals surface area contributed by atoms with E-state index in [1.807, 2.05) is 206 Å². The van der Waals surface area contributed by atoms with E-state index < -0.39 is 7.12 Å². The summed E-state index contributed by atoms with van der Waals surface area (Å²) in [6, 6.07) is 113. The lowest BCUT2D eigenvalue weighted by Gasteiger charge is -2.08. The smallest absolute Gasteiger partial charge is 0.488 e. The molecule has 0 fully saturated rings. The standard InChI is InChI=1S/C28H17N3S.C27H16N4S.C27H15N3OS.C13H7Br2NOS.C7H6BNO2/c1-18-4-2-3-5-23(18)28-31-26-24(21-10-6-19(16-29)7-11-21)14-15-25(27(26)32-28)22-12-8-20(17-30)9-13-22;28-15-17-5-9-19(10-6-17)21-13-14-22(20-11-7-18(16-29)8-12-20)26-25(21)31-27(32-26)23-3-1-2-4-24(23)30;28-15-17-5-9-19(10-6-17)21-13-14-22(20-11-7-18(16-29)8-12-20)26-25(21)30-27(32-26)23-3-1-2-4-24(23)31;14-8-5-6-9(15)12-11(8)16-13(18-12)7-3-1-2-4-10(7)17;9-5-6-1-3-7(4-2-6)8(10)11/h2-15H,1H3;1-14H,30H2;1-14,31H;1-6,17H;1-4,10-11H. The van der Waals surface area contributed by atoms with Crippen molar-refractivity contribution >= 4 is 136 Å². The van der Waals surface area contributed by atoms with Crippen LogP contribution in [0.3, 0.4) is 0 Å². The number of phenols is 2. The highest BCUT2D eigenvalue weighted by molar-refractivity contribution is 9.11. The number of hydrogen-bond donors (Lipinski definition) is 5. The number of phenolic OH excluding ortho intramolecular Hbond substituents is 2. The van der Waals surface area contributed by atoms with Crippen LogP contribution in [0.5, 0.6) is 11.5 Å². The van der Waals surface area contributed by atoms with Crippen molar-refractivity contribution in [2.24, 2.45) is 0 Å². The number of nitrogens with zero attached hydrogens (tertiary/aromatic N) is 11. The van der Waals surface area contributed by atoms with E-state index in [4.69, 9.17) is 67.6 Å². The number of hydrogen-bond acceptors (Lipinski definition) is 20. The van der Waals surface area contributed by atoms with Crippen LogP contribution in [0.4, 0.5) is 5.69 Å². The van der Waals surface area contributed by atoms with Crippen LogP contribution >= 0.6 is 77.2 Å². The molecule has 0 saturated carbocycles. The largest absolute Gasteiger partial charge is 0.507 e. The summed E-state index contributed by atoms with van der Waals surface area (Å²) in [4.78, 5) is 19.6. The van der Waals surface area contributed by atoms with Crippen LogP contribution in [0.1, 0.15) is 44.5 Å².